The molecule has 0 aromatic rings. The van der Waals surface area contributed by atoms with Crippen molar-refractivity contribution < 1.29 is 13.2 Å². The maximum Gasteiger partial charge on any atom is 0.390 e. The van der Waals surface area contributed by atoms with Gasteiger partial charge in [0.25, 0.3) is 0 Å². The second-order valence-electron chi connectivity index (χ2n) is 3.53. The van der Waals surface area contributed by atoms with E-state index in [9.17, 15) is 13.2 Å². The van der Waals surface area contributed by atoms with Gasteiger partial charge in [0.2, 0.25) is 0 Å². The van der Waals surface area contributed by atoms with Gasteiger partial charge in [-0.2, -0.15) is 13.2 Å². The molecule has 0 aromatic heterocycles. The van der Waals surface area contributed by atoms with E-state index in [1.807, 2.05) is 0 Å². The molecule has 74 valence electrons. The molecule has 0 heterocycles. The topological polar surface area (TPSA) is 38.0 Å². The Kier molecular flexibility index (Phi) is 3.99. The highest BCUT2D eigenvalue weighted by Crippen LogP contribution is 2.18. The largest absolute Gasteiger partial charge is 0.390 e. The number of hydrogen-bond donors (Lipinski definition) is 2. The summed E-state index contributed by atoms with van der Waals surface area (Å²) in [5.41, 5.74) is 5.09. The quantitative estimate of drug-likeness (QED) is 0.645. The molecule has 0 aliphatic heterocycles. The monoisotopic (exact) mass is 184 g/mol. The lowest BCUT2D eigenvalue weighted by Crippen LogP contribution is -2.43. The first-order valence-corrected chi connectivity index (χ1v) is 3.77. The highest BCUT2D eigenvalue weighted by Gasteiger charge is 2.26. The van der Waals surface area contributed by atoms with Crippen LogP contribution < -0.4 is 11.1 Å². The molecule has 0 saturated heterocycles. The third kappa shape index (κ3) is 9.71. The summed E-state index contributed by atoms with van der Waals surface area (Å²) in [5, 5.41) is 2.64. The molecule has 0 aliphatic rings. The third-order valence-corrected chi connectivity index (χ3v) is 1.17. The normalized spacial score (nSPS) is 13.5. The van der Waals surface area contributed by atoms with E-state index in [-0.39, 0.29) is 6.54 Å². The first-order valence-electron chi connectivity index (χ1n) is 3.77. The van der Waals surface area contributed by atoms with Crippen LogP contribution in [-0.4, -0.2) is 24.8 Å². The van der Waals surface area contributed by atoms with Crippen LogP contribution >= 0.6 is 0 Å². The lowest BCUT2D eigenvalue weighted by molar-refractivity contribution is -0.133. The lowest BCUT2D eigenvalue weighted by Gasteiger charge is -2.19. The number of alkyl halides is 3. The van der Waals surface area contributed by atoms with Crippen LogP contribution in [0.25, 0.3) is 0 Å². The molecule has 0 bridgehead atoms. The van der Waals surface area contributed by atoms with Gasteiger partial charge in [0.15, 0.2) is 0 Å². The van der Waals surface area contributed by atoms with Crippen molar-refractivity contribution in [3.05, 3.63) is 0 Å². The van der Waals surface area contributed by atoms with Crippen molar-refractivity contribution >= 4 is 0 Å². The van der Waals surface area contributed by atoms with Gasteiger partial charge in [-0.3, -0.25) is 0 Å². The molecule has 0 atom stereocenters. The summed E-state index contributed by atoms with van der Waals surface area (Å²) >= 11 is 0. The first kappa shape index (κ1) is 11.7. The molecule has 0 rings (SSSR count). The Morgan fingerprint density at radius 1 is 1.25 bits per heavy atom. The van der Waals surface area contributed by atoms with Crippen molar-refractivity contribution in [1.82, 2.24) is 5.32 Å². The molecule has 5 heteroatoms. The van der Waals surface area contributed by atoms with Crippen molar-refractivity contribution in [2.75, 3.05) is 13.1 Å². The average Bonchev–Trinajstić information content (AvgIpc) is 1.76. The molecular weight excluding hydrogens is 169 g/mol. The number of rotatable bonds is 4. The van der Waals surface area contributed by atoms with Gasteiger partial charge in [0, 0.05) is 18.6 Å². The van der Waals surface area contributed by atoms with Gasteiger partial charge in [0.1, 0.15) is 0 Å². The van der Waals surface area contributed by atoms with Crippen molar-refractivity contribution in [3.8, 4) is 0 Å². The van der Waals surface area contributed by atoms with Crippen LogP contribution in [0.2, 0.25) is 0 Å². The maximum atomic E-state index is 11.6. The van der Waals surface area contributed by atoms with Crippen LogP contribution in [0.15, 0.2) is 0 Å². The summed E-state index contributed by atoms with van der Waals surface area (Å²) in [7, 11) is 0. The molecule has 0 fully saturated rings. The zero-order valence-corrected chi connectivity index (χ0v) is 7.33. The molecule has 0 unspecified atom stereocenters. The van der Waals surface area contributed by atoms with Crippen LogP contribution in [0.4, 0.5) is 13.2 Å². The van der Waals surface area contributed by atoms with E-state index in [0.717, 1.165) is 0 Å². The second-order valence-corrected chi connectivity index (χ2v) is 3.53. The van der Waals surface area contributed by atoms with Gasteiger partial charge >= 0.3 is 6.18 Å². The third-order valence-electron chi connectivity index (χ3n) is 1.17. The van der Waals surface area contributed by atoms with E-state index in [1.165, 1.54) is 0 Å². The summed E-state index contributed by atoms with van der Waals surface area (Å²) < 4.78 is 34.8. The van der Waals surface area contributed by atoms with E-state index >= 15 is 0 Å². The Morgan fingerprint density at radius 2 is 1.75 bits per heavy atom. The fourth-order valence-electron chi connectivity index (χ4n) is 0.641. The molecule has 12 heavy (non-hydrogen) atoms. The molecule has 0 spiro atoms. The molecular formula is C7H15F3N2. The molecule has 0 saturated carbocycles. The van der Waals surface area contributed by atoms with Crippen molar-refractivity contribution in [2.45, 2.75) is 32.0 Å². The Labute approximate surface area is 70.3 Å². The number of hydrogen-bond acceptors (Lipinski definition) is 2. The Hall–Kier alpha value is -0.290. The Bertz CT molecular complexity index is 110. The van der Waals surface area contributed by atoms with Gasteiger partial charge < -0.3 is 11.1 Å². The van der Waals surface area contributed by atoms with Crippen LogP contribution in [0.3, 0.4) is 0 Å². The van der Waals surface area contributed by atoms with Gasteiger partial charge in [0.05, 0.1) is 6.42 Å². The van der Waals surface area contributed by atoms with Gasteiger partial charge in [-0.1, -0.05) is 0 Å². The highest BCUT2D eigenvalue weighted by atomic mass is 19.4. The van der Waals surface area contributed by atoms with Gasteiger partial charge in [-0.25, -0.2) is 0 Å². The van der Waals surface area contributed by atoms with Gasteiger partial charge in [-0.15, -0.1) is 0 Å². The zero-order valence-electron chi connectivity index (χ0n) is 7.33. The molecule has 3 N–H and O–H groups in total. The van der Waals surface area contributed by atoms with Gasteiger partial charge in [-0.05, 0) is 13.8 Å². The van der Waals surface area contributed by atoms with Crippen LogP contribution in [0, 0.1) is 0 Å². The van der Waals surface area contributed by atoms with E-state index in [1.54, 1.807) is 13.8 Å². The molecule has 0 aromatic carbocycles. The predicted molar refractivity (Wildman–Crippen MR) is 41.8 cm³/mol. The highest BCUT2D eigenvalue weighted by molar-refractivity contribution is 4.74. The fourth-order valence-corrected chi connectivity index (χ4v) is 0.641. The first-order chi connectivity index (χ1) is 5.21. The summed E-state index contributed by atoms with van der Waals surface area (Å²) in [6.07, 6.45) is -4.88. The summed E-state index contributed by atoms with van der Waals surface area (Å²) in [6, 6.07) is 0. The molecule has 2 nitrogen and oxygen atoms in total. The summed E-state index contributed by atoms with van der Waals surface area (Å²) in [5.74, 6) is 0. The minimum Gasteiger partial charge on any atom is -0.324 e. The minimum absolute atomic E-state index is 0.0653. The maximum absolute atomic E-state index is 11.6. The number of nitrogens with one attached hydrogen (secondary N) is 1. The van der Waals surface area contributed by atoms with E-state index in [0.29, 0.717) is 6.54 Å². The molecule has 0 amide bonds. The average molecular weight is 184 g/mol. The van der Waals surface area contributed by atoms with Crippen molar-refractivity contribution in [3.63, 3.8) is 0 Å². The predicted octanol–water partition coefficient (Wildman–Crippen LogP) is 1.27. The van der Waals surface area contributed by atoms with Crippen LogP contribution in [0.5, 0.6) is 0 Å². The molecule has 0 radical (unpaired) electrons. The van der Waals surface area contributed by atoms with Crippen molar-refractivity contribution in [2.24, 2.45) is 5.73 Å². The summed E-state index contributed by atoms with van der Waals surface area (Å²) in [4.78, 5) is 0. The smallest absolute Gasteiger partial charge is 0.324 e. The Balaban J connectivity index is 3.35. The van der Waals surface area contributed by atoms with E-state index in [2.05, 4.69) is 5.32 Å². The van der Waals surface area contributed by atoms with Crippen LogP contribution in [-0.2, 0) is 0 Å². The Morgan fingerprint density at radius 3 is 2.08 bits per heavy atom. The standard InChI is InChI=1S/C7H15F3N2/c1-6(2,11)5-12-4-3-7(8,9)10/h12H,3-5,11H2,1-2H3. The summed E-state index contributed by atoms with van der Waals surface area (Å²) in [6.45, 7) is 3.84. The van der Waals surface area contributed by atoms with E-state index < -0.39 is 18.1 Å². The van der Waals surface area contributed by atoms with Crippen LogP contribution in [0.1, 0.15) is 20.3 Å². The molecule has 0 aliphatic carbocycles. The lowest BCUT2D eigenvalue weighted by atomic mass is 10.1. The SMILES string of the molecule is CC(C)(N)CNCCC(F)(F)F. The fraction of sp³-hybridized carbons (Fsp3) is 1.00. The zero-order chi connectivity index (χ0) is 9.83. The number of nitrogens with two attached hydrogens (primary N) is 1. The van der Waals surface area contributed by atoms with Crippen molar-refractivity contribution in [1.29, 1.82) is 0 Å². The second kappa shape index (κ2) is 4.09. The minimum atomic E-state index is -4.08. The number of halogens is 3. The van der Waals surface area contributed by atoms with E-state index in [4.69, 9.17) is 5.73 Å².